The molecule has 2 rings (SSSR count). The summed E-state index contributed by atoms with van der Waals surface area (Å²) in [6.45, 7) is 5.95. The molecule has 3 N–H and O–H groups in total. The Bertz CT molecular complexity index is 665. The van der Waals surface area contributed by atoms with Crippen molar-refractivity contribution >= 4 is 23.2 Å². The molecule has 116 valence electrons. The summed E-state index contributed by atoms with van der Waals surface area (Å²) >= 11 is 5.07. The minimum Gasteiger partial charge on any atom is -0.359 e. The van der Waals surface area contributed by atoms with Crippen LogP contribution in [0.3, 0.4) is 0 Å². The molecular weight excluding hydrogens is 296 g/mol. The second-order valence-corrected chi connectivity index (χ2v) is 5.71. The average molecular weight is 316 g/mol. The summed E-state index contributed by atoms with van der Waals surface area (Å²) in [6.07, 6.45) is 3.90. The van der Waals surface area contributed by atoms with Crippen molar-refractivity contribution in [3.05, 3.63) is 53.9 Å². The predicted octanol–water partition coefficient (Wildman–Crippen LogP) is 2.30. The predicted molar refractivity (Wildman–Crippen MR) is 92.0 cm³/mol. The van der Waals surface area contributed by atoms with Gasteiger partial charge in [0.1, 0.15) is 0 Å². The second kappa shape index (κ2) is 7.09. The Morgan fingerprint density at radius 2 is 1.86 bits per heavy atom. The first kappa shape index (κ1) is 16.0. The van der Waals surface area contributed by atoms with Gasteiger partial charge in [-0.3, -0.25) is 15.6 Å². The van der Waals surface area contributed by atoms with E-state index in [2.05, 4.69) is 16.2 Å². The van der Waals surface area contributed by atoms with Crippen LogP contribution in [-0.4, -0.2) is 21.6 Å². The van der Waals surface area contributed by atoms with Crippen molar-refractivity contribution in [3.8, 4) is 5.69 Å². The van der Waals surface area contributed by atoms with Crippen LogP contribution in [0.15, 0.2) is 42.7 Å². The number of hydrogen-bond donors (Lipinski definition) is 3. The van der Waals surface area contributed by atoms with Crippen LogP contribution >= 0.6 is 12.2 Å². The normalized spacial score (nSPS) is 10.4. The third-order valence-electron chi connectivity index (χ3n) is 3.06. The van der Waals surface area contributed by atoms with Crippen molar-refractivity contribution in [2.45, 2.75) is 26.8 Å². The standard InChI is InChI=1S/C16H20N4OS/c1-11(2)17-16(22)19-18-15(21)13-7-6-12(3)14(10-13)20-8-4-5-9-20/h4-11H,1-3H3,(H,18,21)(H2,17,19,22). The van der Waals surface area contributed by atoms with Crippen molar-refractivity contribution in [2.24, 2.45) is 0 Å². The molecule has 22 heavy (non-hydrogen) atoms. The number of aryl methyl sites for hydroxylation is 1. The summed E-state index contributed by atoms with van der Waals surface area (Å²) in [5, 5.41) is 3.38. The number of nitrogens with zero attached hydrogens (tertiary/aromatic N) is 1. The highest BCUT2D eigenvalue weighted by molar-refractivity contribution is 7.80. The Morgan fingerprint density at radius 3 is 2.50 bits per heavy atom. The maximum Gasteiger partial charge on any atom is 0.269 e. The van der Waals surface area contributed by atoms with Crippen LogP contribution in [0.2, 0.25) is 0 Å². The molecule has 0 saturated heterocycles. The van der Waals surface area contributed by atoms with Gasteiger partial charge in [0.05, 0.1) is 0 Å². The highest BCUT2D eigenvalue weighted by Gasteiger charge is 2.09. The molecule has 0 fully saturated rings. The molecule has 1 aromatic heterocycles. The van der Waals surface area contributed by atoms with Gasteiger partial charge in [-0.25, -0.2) is 0 Å². The van der Waals surface area contributed by atoms with E-state index >= 15 is 0 Å². The summed E-state index contributed by atoms with van der Waals surface area (Å²) in [7, 11) is 0. The highest BCUT2D eigenvalue weighted by atomic mass is 32.1. The molecule has 5 nitrogen and oxygen atoms in total. The highest BCUT2D eigenvalue weighted by Crippen LogP contribution is 2.16. The number of hydrazine groups is 1. The smallest absolute Gasteiger partial charge is 0.269 e. The Kier molecular flexibility index (Phi) is 5.16. The molecule has 0 aliphatic heterocycles. The van der Waals surface area contributed by atoms with Crippen LogP contribution in [0.4, 0.5) is 0 Å². The number of benzene rings is 1. The number of nitrogens with one attached hydrogen (secondary N) is 3. The van der Waals surface area contributed by atoms with Crippen LogP contribution in [0.5, 0.6) is 0 Å². The van der Waals surface area contributed by atoms with Gasteiger partial charge in [0, 0.05) is 29.7 Å². The Morgan fingerprint density at radius 1 is 1.18 bits per heavy atom. The van der Waals surface area contributed by atoms with E-state index in [-0.39, 0.29) is 11.9 Å². The summed E-state index contributed by atoms with van der Waals surface area (Å²) in [4.78, 5) is 12.2. The fraction of sp³-hybridized carbons (Fsp3) is 0.250. The number of amides is 1. The molecule has 0 unspecified atom stereocenters. The number of carbonyl (C=O) groups excluding carboxylic acids is 1. The lowest BCUT2D eigenvalue weighted by atomic mass is 10.1. The topological polar surface area (TPSA) is 58.1 Å². The first-order chi connectivity index (χ1) is 10.5. The maximum absolute atomic E-state index is 12.2. The van der Waals surface area contributed by atoms with E-state index in [0.717, 1.165) is 11.3 Å². The summed E-state index contributed by atoms with van der Waals surface area (Å²) in [6, 6.07) is 9.67. The van der Waals surface area contributed by atoms with E-state index in [9.17, 15) is 4.79 Å². The zero-order valence-corrected chi connectivity index (χ0v) is 13.7. The molecule has 1 amide bonds. The SMILES string of the molecule is Cc1ccc(C(=O)NNC(=S)NC(C)C)cc1-n1cccc1. The molecule has 0 aliphatic rings. The van der Waals surface area contributed by atoms with Crippen LogP contribution in [0.25, 0.3) is 5.69 Å². The second-order valence-electron chi connectivity index (χ2n) is 5.30. The van der Waals surface area contributed by atoms with E-state index in [0.29, 0.717) is 10.7 Å². The van der Waals surface area contributed by atoms with Crippen LogP contribution in [0.1, 0.15) is 29.8 Å². The fourth-order valence-corrected chi connectivity index (χ4v) is 2.29. The largest absolute Gasteiger partial charge is 0.359 e. The lowest BCUT2D eigenvalue weighted by Gasteiger charge is -2.14. The first-order valence-corrected chi connectivity index (χ1v) is 7.49. The molecule has 0 aliphatic carbocycles. The van der Waals surface area contributed by atoms with Gasteiger partial charge in [-0.15, -0.1) is 0 Å². The molecule has 0 radical (unpaired) electrons. The summed E-state index contributed by atoms with van der Waals surface area (Å²) in [5.41, 5.74) is 7.92. The van der Waals surface area contributed by atoms with Crippen LogP contribution < -0.4 is 16.2 Å². The Hall–Kier alpha value is -2.34. The quantitative estimate of drug-likeness (QED) is 0.601. The lowest BCUT2D eigenvalue weighted by Crippen LogP contribution is -2.48. The lowest BCUT2D eigenvalue weighted by molar-refractivity contribution is 0.0943. The zero-order chi connectivity index (χ0) is 16.1. The average Bonchev–Trinajstić information content (AvgIpc) is 2.98. The van der Waals surface area contributed by atoms with E-state index in [4.69, 9.17) is 12.2 Å². The Balaban J connectivity index is 2.08. The van der Waals surface area contributed by atoms with Gasteiger partial charge < -0.3 is 9.88 Å². The van der Waals surface area contributed by atoms with E-state index < -0.39 is 0 Å². The van der Waals surface area contributed by atoms with E-state index in [1.54, 1.807) is 6.07 Å². The maximum atomic E-state index is 12.2. The molecule has 0 spiro atoms. The van der Waals surface area contributed by atoms with Gasteiger partial charge >= 0.3 is 0 Å². The van der Waals surface area contributed by atoms with Crippen LogP contribution in [-0.2, 0) is 0 Å². The summed E-state index contributed by atoms with van der Waals surface area (Å²) < 4.78 is 1.98. The molecule has 1 heterocycles. The molecule has 0 atom stereocenters. The molecule has 6 heteroatoms. The summed E-state index contributed by atoms with van der Waals surface area (Å²) in [5.74, 6) is -0.235. The monoisotopic (exact) mass is 316 g/mol. The molecule has 2 aromatic rings. The van der Waals surface area contributed by atoms with Gasteiger partial charge in [0.15, 0.2) is 5.11 Å². The van der Waals surface area contributed by atoms with E-state index in [1.165, 1.54) is 0 Å². The van der Waals surface area contributed by atoms with E-state index in [1.807, 2.05) is 62.0 Å². The molecule has 0 saturated carbocycles. The number of aromatic nitrogens is 1. The number of carbonyl (C=O) groups is 1. The van der Waals surface area contributed by atoms with Crippen molar-refractivity contribution in [1.82, 2.24) is 20.7 Å². The van der Waals surface area contributed by atoms with Gasteiger partial charge in [-0.2, -0.15) is 0 Å². The molecule has 1 aromatic carbocycles. The van der Waals surface area contributed by atoms with Crippen molar-refractivity contribution < 1.29 is 4.79 Å². The number of thiocarbonyl (C=S) groups is 1. The first-order valence-electron chi connectivity index (χ1n) is 7.08. The van der Waals surface area contributed by atoms with Crippen molar-refractivity contribution in [1.29, 1.82) is 0 Å². The molecular formula is C16H20N4OS. The number of hydrogen-bond acceptors (Lipinski definition) is 2. The van der Waals surface area contributed by atoms with Gasteiger partial charge in [-0.1, -0.05) is 6.07 Å². The van der Waals surface area contributed by atoms with Crippen molar-refractivity contribution in [2.75, 3.05) is 0 Å². The van der Waals surface area contributed by atoms with Gasteiger partial charge in [0.2, 0.25) is 0 Å². The zero-order valence-electron chi connectivity index (χ0n) is 12.9. The third-order valence-corrected chi connectivity index (χ3v) is 3.28. The third kappa shape index (κ3) is 4.08. The Labute approximate surface area is 135 Å². The van der Waals surface area contributed by atoms with Crippen molar-refractivity contribution in [3.63, 3.8) is 0 Å². The molecule has 0 bridgehead atoms. The van der Waals surface area contributed by atoms with Gasteiger partial charge in [0.25, 0.3) is 5.91 Å². The minimum atomic E-state index is -0.235. The fourth-order valence-electron chi connectivity index (χ4n) is 2.01. The van der Waals surface area contributed by atoms with Gasteiger partial charge in [-0.05, 0) is 62.8 Å². The van der Waals surface area contributed by atoms with Crippen LogP contribution in [0, 0.1) is 6.92 Å². The minimum absolute atomic E-state index is 0.205. The number of rotatable bonds is 3.